The van der Waals surface area contributed by atoms with Gasteiger partial charge in [0.15, 0.2) is 0 Å². The molecule has 0 aromatic carbocycles. The molecule has 0 radical (unpaired) electrons. The monoisotopic (exact) mass is 330 g/mol. The Bertz CT molecular complexity index is 79.6. The van der Waals surface area contributed by atoms with E-state index in [1.165, 1.54) is 0 Å². The third-order valence-electron chi connectivity index (χ3n) is 0.879. The van der Waals surface area contributed by atoms with E-state index in [-0.39, 0.29) is 13.2 Å². The second kappa shape index (κ2) is 60.8. The van der Waals surface area contributed by atoms with Crippen LogP contribution >= 0.6 is 0 Å². The van der Waals surface area contributed by atoms with Gasteiger partial charge in [0.25, 0.3) is 0 Å². The second-order valence-corrected chi connectivity index (χ2v) is 3.00. The van der Waals surface area contributed by atoms with Crippen molar-refractivity contribution in [2.24, 2.45) is 0 Å². The van der Waals surface area contributed by atoms with E-state index in [1.807, 2.05) is 54.4 Å². The topological polar surface area (TPSA) is 76.0 Å². The van der Waals surface area contributed by atoms with Gasteiger partial charge in [0, 0.05) is 13.2 Å². The van der Waals surface area contributed by atoms with Gasteiger partial charge >= 0.3 is 23.7 Å². The molecule has 124 valence electrons. The zero-order valence-corrected chi connectivity index (χ0v) is 15.6. The predicted molar refractivity (Wildman–Crippen MR) is 79.1 cm³/mol. The molecular weight excluding hydrogens is 296 g/mol. The van der Waals surface area contributed by atoms with Crippen molar-refractivity contribution in [3.63, 3.8) is 0 Å². The Morgan fingerprint density at radius 2 is 1.00 bits per heavy atom. The molecule has 0 fully saturated rings. The Balaban J connectivity index is -0.0000000503. The van der Waals surface area contributed by atoms with Gasteiger partial charge in [-0.2, -0.15) is 27.7 Å². The minimum atomic E-state index is 0.133. The molecule has 0 amide bonds. The molecule has 0 saturated heterocycles. The van der Waals surface area contributed by atoms with Gasteiger partial charge in [-0.1, -0.05) is 0 Å². The molecule has 0 rings (SSSR count). The summed E-state index contributed by atoms with van der Waals surface area (Å²) in [6.45, 7) is 14.4. The zero-order valence-electron chi connectivity index (χ0n) is 14.0. The van der Waals surface area contributed by atoms with Crippen molar-refractivity contribution in [3.8, 4) is 0 Å². The maximum atomic E-state index is 8.25. The molecule has 0 aromatic heterocycles. The molecule has 0 heterocycles. The predicted octanol–water partition coefficient (Wildman–Crippen LogP) is 2.37. The van der Waals surface area contributed by atoms with Crippen LogP contribution < -0.4 is 0 Å². The minimum absolute atomic E-state index is 0.133. The van der Waals surface area contributed by atoms with E-state index < -0.39 is 0 Å². The summed E-state index contributed by atoms with van der Waals surface area (Å²) in [7, 11) is 0. The molecule has 20 heavy (non-hydrogen) atoms. The van der Waals surface area contributed by atoms with Crippen LogP contribution in [0.3, 0.4) is 0 Å². The molecule has 2 N–H and O–H groups in total. The summed E-state index contributed by atoms with van der Waals surface area (Å²) in [4.78, 5) is 0. The first kappa shape index (κ1) is 32.3. The van der Waals surface area contributed by atoms with Crippen LogP contribution in [-0.4, -0.2) is 49.9 Å². The van der Waals surface area contributed by atoms with Gasteiger partial charge in [0.1, 0.15) is 0 Å². The number of hydrogen-bond donors (Lipinski definition) is 2. The fourth-order valence-electron chi connectivity index (χ4n) is 0.418. The fraction of sp³-hybridized carbons (Fsp3) is 0.857. The SMILES string of the molecule is CCOCCO.CCOCCO.C[CH-]C.C[CH-]C.[O]=[Ti+2]. The van der Waals surface area contributed by atoms with Crippen molar-refractivity contribution in [1.82, 2.24) is 0 Å². The van der Waals surface area contributed by atoms with Crippen LogP contribution in [0, 0.1) is 12.8 Å². The van der Waals surface area contributed by atoms with E-state index >= 15 is 0 Å². The second-order valence-electron chi connectivity index (χ2n) is 3.00. The van der Waals surface area contributed by atoms with Crippen molar-refractivity contribution < 1.29 is 43.4 Å². The first-order valence-electron chi connectivity index (χ1n) is 6.71. The van der Waals surface area contributed by atoms with Crippen molar-refractivity contribution in [1.29, 1.82) is 0 Å². The van der Waals surface area contributed by atoms with Crippen molar-refractivity contribution in [2.75, 3.05) is 39.6 Å². The first-order chi connectivity index (χ1) is 9.66. The van der Waals surface area contributed by atoms with Crippen molar-refractivity contribution >= 4 is 0 Å². The summed E-state index contributed by atoms with van der Waals surface area (Å²) in [6, 6.07) is 0. The van der Waals surface area contributed by atoms with Gasteiger partial charge in [0.2, 0.25) is 0 Å². The Morgan fingerprint density at radius 1 is 0.800 bits per heavy atom. The molecule has 0 aromatic rings. The van der Waals surface area contributed by atoms with Gasteiger partial charge in [-0.3, -0.25) is 0 Å². The molecule has 0 bridgehead atoms. The van der Waals surface area contributed by atoms with Crippen molar-refractivity contribution in [2.45, 2.75) is 41.5 Å². The van der Waals surface area contributed by atoms with Crippen LogP contribution in [0.25, 0.3) is 0 Å². The van der Waals surface area contributed by atoms with Gasteiger partial charge in [0.05, 0.1) is 26.4 Å². The summed E-state index contributed by atoms with van der Waals surface area (Å²) in [5.41, 5.74) is 0. The molecule has 0 atom stereocenters. The number of hydrogen-bond acceptors (Lipinski definition) is 5. The Labute approximate surface area is 137 Å². The van der Waals surface area contributed by atoms with Gasteiger partial charge in [-0.25, -0.2) is 0 Å². The first-order valence-corrected chi connectivity index (χ1v) is 7.35. The Kier molecular flexibility index (Phi) is 98.3. The summed E-state index contributed by atoms with van der Waals surface area (Å²) >= 11 is 0.750. The average Bonchev–Trinajstić information content (AvgIpc) is 2.47. The molecular formula is C14H34O5Ti. The molecule has 5 nitrogen and oxygen atoms in total. The third-order valence-corrected chi connectivity index (χ3v) is 0.879. The molecule has 0 spiro atoms. The molecule has 0 aliphatic heterocycles. The third kappa shape index (κ3) is 137. The normalized spacial score (nSPS) is 7.50. The molecule has 0 unspecified atom stereocenters. The quantitative estimate of drug-likeness (QED) is 0.444. The van der Waals surface area contributed by atoms with E-state index in [9.17, 15) is 0 Å². The van der Waals surface area contributed by atoms with Crippen LogP contribution in [0.4, 0.5) is 0 Å². The van der Waals surface area contributed by atoms with Crippen LogP contribution in [0.15, 0.2) is 0 Å². The van der Waals surface area contributed by atoms with Crippen LogP contribution in [0.5, 0.6) is 0 Å². The van der Waals surface area contributed by atoms with Gasteiger partial charge < -0.3 is 32.5 Å². The fourth-order valence-corrected chi connectivity index (χ4v) is 0.418. The summed E-state index contributed by atoms with van der Waals surface area (Å²) < 4.78 is 17.7. The molecule has 0 aliphatic carbocycles. The van der Waals surface area contributed by atoms with E-state index in [2.05, 4.69) is 0 Å². The molecule has 6 heteroatoms. The zero-order chi connectivity index (χ0) is 17.1. The van der Waals surface area contributed by atoms with Gasteiger partial charge in [-0.15, -0.1) is 0 Å². The van der Waals surface area contributed by atoms with E-state index in [0.717, 1.165) is 20.4 Å². The van der Waals surface area contributed by atoms with Crippen LogP contribution in [0.1, 0.15) is 41.5 Å². The van der Waals surface area contributed by atoms with Gasteiger partial charge in [-0.05, 0) is 13.8 Å². The standard InChI is InChI=1S/2C4H10O2.2C3H7.O.Ti/c2*1-2-6-4-3-5;2*1-3-2;;/h2*5H,2-4H2,1H3;2*3H,1-2H3;;/q;;2*-1;;+2. The number of aliphatic hydroxyl groups excluding tert-OH is 2. The van der Waals surface area contributed by atoms with Crippen LogP contribution in [0.2, 0.25) is 0 Å². The van der Waals surface area contributed by atoms with Crippen LogP contribution in [-0.2, 0) is 33.2 Å². The molecule has 0 saturated carbocycles. The molecule has 0 aliphatic rings. The summed E-state index contributed by atoms with van der Waals surface area (Å²) in [5.74, 6) is 0. The van der Waals surface area contributed by atoms with E-state index in [1.54, 1.807) is 0 Å². The van der Waals surface area contributed by atoms with E-state index in [4.69, 9.17) is 23.0 Å². The summed E-state index contributed by atoms with van der Waals surface area (Å²) in [5, 5.41) is 16.1. The van der Waals surface area contributed by atoms with Crippen molar-refractivity contribution in [3.05, 3.63) is 12.8 Å². The Morgan fingerprint density at radius 3 is 1.05 bits per heavy atom. The number of rotatable bonds is 6. The number of aliphatic hydroxyl groups is 2. The average molecular weight is 330 g/mol. The summed E-state index contributed by atoms with van der Waals surface area (Å²) in [6.07, 6.45) is 4.00. The van der Waals surface area contributed by atoms with E-state index in [0.29, 0.717) is 26.4 Å². The number of ether oxygens (including phenoxy) is 2. The maximum absolute atomic E-state index is 8.25. The Hall–Kier alpha value is 0.354.